The lowest BCUT2D eigenvalue weighted by Gasteiger charge is -2.13. The van der Waals surface area contributed by atoms with Gasteiger partial charge in [0.05, 0.1) is 0 Å². The Hall–Kier alpha value is -2.43. The monoisotopic (exact) mass is 282 g/mol. The first-order valence-electron chi connectivity index (χ1n) is 7.25. The molecule has 0 saturated heterocycles. The zero-order chi connectivity index (χ0) is 14.5. The van der Waals surface area contributed by atoms with E-state index in [0.29, 0.717) is 11.6 Å². The molecular formula is C16H18N4O. The summed E-state index contributed by atoms with van der Waals surface area (Å²) in [6.07, 6.45) is 9.84. The van der Waals surface area contributed by atoms with E-state index in [1.54, 1.807) is 42.9 Å². The molecule has 1 aliphatic carbocycles. The van der Waals surface area contributed by atoms with Crippen LogP contribution in [0.1, 0.15) is 36.0 Å². The Kier molecular flexibility index (Phi) is 4.09. The van der Waals surface area contributed by atoms with Crippen molar-refractivity contribution in [2.75, 3.05) is 10.6 Å². The Labute approximate surface area is 123 Å². The predicted octanol–water partition coefficient (Wildman–Crippen LogP) is 3.08. The molecule has 1 fully saturated rings. The van der Waals surface area contributed by atoms with E-state index in [1.165, 1.54) is 25.7 Å². The summed E-state index contributed by atoms with van der Waals surface area (Å²) in [7, 11) is 0. The van der Waals surface area contributed by atoms with Crippen molar-refractivity contribution in [2.24, 2.45) is 0 Å². The standard InChI is InChI=1S/C16H18N4O/c21-16(20-14-6-8-17-9-7-14)12-5-10-18-15(11-12)19-13-3-1-2-4-13/h5-11,13H,1-4H2,(H,18,19)(H,17,20,21). The number of carbonyl (C=O) groups excluding carboxylic acids is 1. The molecule has 2 N–H and O–H groups in total. The summed E-state index contributed by atoms with van der Waals surface area (Å²) in [6, 6.07) is 7.52. The van der Waals surface area contributed by atoms with Crippen LogP contribution < -0.4 is 10.6 Å². The normalized spacial score (nSPS) is 14.9. The molecular weight excluding hydrogens is 264 g/mol. The molecule has 1 aliphatic rings. The first-order chi connectivity index (χ1) is 10.3. The number of rotatable bonds is 4. The molecule has 1 amide bonds. The summed E-state index contributed by atoms with van der Waals surface area (Å²) in [5.41, 5.74) is 1.33. The molecule has 2 aromatic rings. The Bertz CT molecular complexity index is 609. The molecule has 0 unspecified atom stereocenters. The minimum Gasteiger partial charge on any atom is -0.367 e. The minimum atomic E-state index is -0.141. The van der Waals surface area contributed by atoms with Crippen molar-refractivity contribution in [3.8, 4) is 0 Å². The first kappa shape index (κ1) is 13.5. The third kappa shape index (κ3) is 3.56. The van der Waals surface area contributed by atoms with Crippen LogP contribution in [0.25, 0.3) is 0 Å². The Morgan fingerprint density at radius 3 is 2.62 bits per heavy atom. The second-order valence-electron chi connectivity index (χ2n) is 5.25. The fourth-order valence-electron chi connectivity index (χ4n) is 2.57. The zero-order valence-corrected chi connectivity index (χ0v) is 11.7. The van der Waals surface area contributed by atoms with Crippen LogP contribution in [0.4, 0.5) is 11.5 Å². The second-order valence-corrected chi connectivity index (χ2v) is 5.25. The quantitative estimate of drug-likeness (QED) is 0.904. The highest BCUT2D eigenvalue weighted by molar-refractivity contribution is 6.04. The molecule has 2 heterocycles. The number of pyridine rings is 2. The maximum absolute atomic E-state index is 12.2. The first-order valence-corrected chi connectivity index (χ1v) is 7.25. The maximum Gasteiger partial charge on any atom is 0.255 e. The van der Waals surface area contributed by atoms with Gasteiger partial charge in [0.1, 0.15) is 5.82 Å². The highest BCUT2D eigenvalue weighted by Crippen LogP contribution is 2.21. The van der Waals surface area contributed by atoms with Crippen LogP contribution in [0.5, 0.6) is 0 Å². The van der Waals surface area contributed by atoms with Crippen molar-refractivity contribution in [2.45, 2.75) is 31.7 Å². The molecule has 2 aromatic heterocycles. The molecule has 108 valence electrons. The van der Waals surface area contributed by atoms with Crippen molar-refractivity contribution in [1.82, 2.24) is 9.97 Å². The van der Waals surface area contributed by atoms with E-state index in [9.17, 15) is 4.79 Å². The van der Waals surface area contributed by atoms with Gasteiger partial charge in [-0.05, 0) is 37.1 Å². The Morgan fingerprint density at radius 2 is 1.86 bits per heavy atom. The summed E-state index contributed by atoms with van der Waals surface area (Å²) < 4.78 is 0. The lowest BCUT2D eigenvalue weighted by Crippen LogP contribution is -2.17. The highest BCUT2D eigenvalue weighted by Gasteiger charge is 2.15. The van der Waals surface area contributed by atoms with E-state index in [0.717, 1.165) is 11.5 Å². The van der Waals surface area contributed by atoms with Crippen molar-refractivity contribution in [3.05, 3.63) is 48.4 Å². The van der Waals surface area contributed by atoms with E-state index in [1.807, 2.05) is 0 Å². The molecule has 1 saturated carbocycles. The van der Waals surface area contributed by atoms with E-state index >= 15 is 0 Å². The number of carbonyl (C=O) groups is 1. The lowest BCUT2D eigenvalue weighted by molar-refractivity contribution is 0.102. The minimum absolute atomic E-state index is 0.141. The number of hydrogen-bond acceptors (Lipinski definition) is 4. The fraction of sp³-hybridized carbons (Fsp3) is 0.312. The molecule has 0 spiro atoms. The number of nitrogens with zero attached hydrogens (tertiary/aromatic N) is 2. The number of amides is 1. The van der Waals surface area contributed by atoms with Gasteiger partial charge in [-0.1, -0.05) is 12.8 Å². The lowest BCUT2D eigenvalue weighted by atomic mass is 10.2. The van der Waals surface area contributed by atoms with Crippen LogP contribution in [0.2, 0.25) is 0 Å². The van der Waals surface area contributed by atoms with Gasteiger partial charge in [-0.3, -0.25) is 9.78 Å². The summed E-state index contributed by atoms with van der Waals surface area (Å²) in [6.45, 7) is 0. The number of nitrogens with one attached hydrogen (secondary N) is 2. The molecule has 0 atom stereocenters. The van der Waals surface area contributed by atoms with Crippen LogP contribution in [-0.4, -0.2) is 21.9 Å². The topological polar surface area (TPSA) is 66.9 Å². The van der Waals surface area contributed by atoms with Gasteiger partial charge in [-0.15, -0.1) is 0 Å². The van der Waals surface area contributed by atoms with Gasteiger partial charge in [0.2, 0.25) is 0 Å². The molecule has 5 heteroatoms. The van der Waals surface area contributed by atoms with E-state index in [-0.39, 0.29) is 5.91 Å². The van der Waals surface area contributed by atoms with Gasteiger partial charge < -0.3 is 10.6 Å². The van der Waals surface area contributed by atoms with Crippen LogP contribution in [0, 0.1) is 0 Å². The van der Waals surface area contributed by atoms with Crippen LogP contribution in [0.15, 0.2) is 42.9 Å². The third-order valence-corrected chi connectivity index (χ3v) is 3.67. The van der Waals surface area contributed by atoms with Gasteiger partial charge >= 0.3 is 0 Å². The number of anilines is 2. The molecule has 5 nitrogen and oxygen atoms in total. The van der Waals surface area contributed by atoms with Crippen LogP contribution in [-0.2, 0) is 0 Å². The SMILES string of the molecule is O=C(Nc1ccncc1)c1ccnc(NC2CCCC2)c1. The summed E-state index contributed by atoms with van der Waals surface area (Å²) in [4.78, 5) is 20.4. The summed E-state index contributed by atoms with van der Waals surface area (Å²) in [5, 5.41) is 6.24. The van der Waals surface area contributed by atoms with Gasteiger partial charge in [-0.2, -0.15) is 0 Å². The van der Waals surface area contributed by atoms with Crippen molar-refractivity contribution in [1.29, 1.82) is 0 Å². The van der Waals surface area contributed by atoms with Gasteiger partial charge in [0.25, 0.3) is 5.91 Å². The van der Waals surface area contributed by atoms with E-state index in [4.69, 9.17) is 0 Å². The number of hydrogen-bond donors (Lipinski definition) is 2. The van der Waals surface area contributed by atoms with Crippen LogP contribution in [0.3, 0.4) is 0 Å². The third-order valence-electron chi connectivity index (χ3n) is 3.67. The number of aromatic nitrogens is 2. The molecule has 0 aromatic carbocycles. The maximum atomic E-state index is 12.2. The van der Waals surface area contributed by atoms with Crippen molar-refractivity contribution in [3.63, 3.8) is 0 Å². The summed E-state index contributed by atoms with van der Waals surface area (Å²) in [5.74, 6) is 0.627. The van der Waals surface area contributed by atoms with Crippen molar-refractivity contribution >= 4 is 17.4 Å². The molecule has 0 aliphatic heterocycles. The smallest absolute Gasteiger partial charge is 0.255 e. The van der Waals surface area contributed by atoms with Crippen LogP contribution >= 0.6 is 0 Å². The average Bonchev–Trinajstić information content (AvgIpc) is 3.01. The largest absolute Gasteiger partial charge is 0.367 e. The van der Waals surface area contributed by atoms with E-state index < -0.39 is 0 Å². The molecule has 21 heavy (non-hydrogen) atoms. The second kappa shape index (κ2) is 6.35. The fourth-order valence-corrected chi connectivity index (χ4v) is 2.57. The predicted molar refractivity (Wildman–Crippen MR) is 82.3 cm³/mol. The highest BCUT2D eigenvalue weighted by atomic mass is 16.1. The summed E-state index contributed by atoms with van der Waals surface area (Å²) >= 11 is 0. The molecule has 0 bridgehead atoms. The average molecular weight is 282 g/mol. The van der Waals surface area contributed by atoms with Crippen molar-refractivity contribution < 1.29 is 4.79 Å². The zero-order valence-electron chi connectivity index (χ0n) is 11.7. The van der Waals surface area contributed by atoms with Gasteiger partial charge in [0, 0.05) is 35.9 Å². The van der Waals surface area contributed by atoms with Gasteiger partial charge in [0.15, 0.2) is 0 Å². The Balaban J connectivity index is 1.68. The Morgan fingerprint density at radius 1 is 1.10 bits per heavy atom. The van der Waals surface area contributed by atoms with E-state index in [2.05, 4.69) is 20.6 Å². The van der Waals surface area contributed by atoms with Gasteiger partial charge in [-0.25, -0.2) is 4.98 Å². The molecule has 3 rings (SSSR count). The molecule has 0 radical (unpaired) electrons.